The minimum atomic E-state index is 0.398. The molecule has 2 aliphatic carbocycles. The summed E-state index contributed by atoms with van der Waals surface area (Å²) < 4.78 is 0. The molecule has 4 N–H and O–H groups in total. The summed E-state index contributed by atoms with van der Waals surface area (Å²) in [6.45, 7) is 14.5. The average molecular weight is 295 g/mol. The minimum absolute atomic E-state index is 0.398. The van der Waals surface area contributed by atoms with Gasteiger partial charge in [-0.05, 0) is 66.6 Å². The van der Waals surface area contributed by atoms with Gasteiger partial charge in [-0.15, -0.1) is 0 Å². The van der Waals surface area contributed by atoms with E-state index in [1.54, 1.807) is 0 Å². The molecule has 2 rings (SSSR count). The molecule has 21 heavy (non-hydrogen) atoms. The van der Waals surface area contributed by atoms with Crippen LogP contribution in [0.3, 0.4) is 0 Å². The molecular weight excluding hydrogens is 256 g/mol. The molecule has 4 atom stereocenters. The second-order valence-electron chi connectivity index (χ2n) is 9.22. The van der Waals surface area contributed by atoms with E-state index in [2.05, 4.69) is 41.5 Å². The second-order valence-corrected chi connectivity index (χ2v) is 9.22. The first-order valence-corrected chi connectivity index (χ1v) is 9.15. The third kappa shape index (κ3) is 3.32. The van der Waals surface area contributed by atoms with Crippen LogP contribution in [0.2, 0.25) is 0 Å². The average Bonchev–Trinajstić information content (AvgIpc) is 2.40. The van der Waals surface area contributed by atoms with Crippen molar-refractivity contribution in [1.29, 1.82) is 0 Å². The summed E-state index contributed by atoms with van der Waals surface area (Å²) in [6.07, 6.45) is 5.24. The normalized spacial score (nSPS) is 49.1. The van der Waals surface area contributed by atoms with E-state index in [0.29, 0.717) is 41.2 Å². The number of hydrogen-bond acceptors (Lipinski definition) is 2. The van der Waals surface area contributed by atoms with Crippen LogP contribution in [0, 0.1) is 40.9 Å². The van der Waals surface area contributed by atoms with Crippen molar-refractivity contribution < 1.29 is 0 Å². The van der Waals surface area contributed by atoms with Gasteiger partial charge < -0.3 is 11.5 Å². The van der Waals surface area contributed by atoms with Gasteiger partial charge in [0.05, 0.1) is 0 Å². The van der Waals surface area contributed by atoms with Crippen LogP contribution < -0.4 is 11.5 Å². The van der Waals surface area contributed by atoms with Gasteiger partial charge in [-0.2, -0.15) is 0 Å². The van der Waals surface area contributed by atoms with Crippen molar-refractivity contribution in [2.24, 2.45) is 52.4 Å². The highest BCUT2D eigenvalue weighted by atomic mass is 14.7. The lowest BCUT2D eigenvalue weighted by Crippen LogP contribution is -2.49. The van der Waals surface area contributed by atoms with Gasteiger partial charge in [0.25, 0.3) is 0 Å². The molecule has 0 aromatic rings. The predicted molar refractivity (Wildman–Crippen MR) is 91.8 cm³/mol. The largest absolute Gasteiger partial charge is 0.327 e. The van der Waals surface area contributed by atoms with Crippen LogP contribution in [-0.2, 0) is 0 Å². The molecule has 2 aliphatic rings. The lowest BCUT2D eigenvalue weighted by molar-refractivity contribution is -0.00130. The fourth-order valence-electron chi connectivity index (χ4n) is 5.29. The Balaban J connectivity index is 2.10. The monoisotopic (exact) mass is 294 g/mol. The van der Waals surface area contributed by atoms with Crippen LogP contribution in [0.25, 0.3) is 0 Å². The summed E-state index contributed by atoms with van der Waals surface area (Å²) in [5, 5.41) is 0. The van der Waals surface area contributed by atoms with Gasteiger partial charge in [0.1, 0.15) is 0 Å². The standard InChI is InChI=1S/C19H38N2/c1-11-7-15(8-12(2)17(11)20)19(5,6)16-9-13(3)18(21)14(4)10-16/h11-18H,7-10,20-21H2,1-6H3/t11-,12-,13+,14+,15?,16?,17?,18?. The Morgan fingerprint density at radius 1 is 0.619 bits per heavy atom. The summed E-state index contributed by atoms with van der Waals surface area (Å²) in [6, 6.07) is 0.796. The van der Waals surface area contributed by atoms with Crippen molar-refractivity contribution in [3.63, 3.8) is 0 Å². The zero-order valence-electron chi connectivity index (χ0n) is 15.1. The van der Waals surface area contributed by atoms with E-state index in [4.69, 9.17) is 11.5 Å². The number of hydrogen-bond donors (Lipinski definition) is 2. The van der Waals surface area contributed by atoms with E-state index >= 15 is 0 Å². The quantitative estimate of drug-likeness (QED) is 0.808. The molecule has 0 heterocycles. The van der Waals surface area contributed by atoms with Crippen molar-refractivity contribution in [3.05, 3.63) is 0 Å². The maximum Gasteiger partial charge on any atom is 0.00905 e. The van der Waals surface area contributed by atoms with Crippen molar-refractivity contribution in [2.75, 3.05) is 0 Å². The van der Waals surface area contributed by atoms with Gasteiger partial charge in [-0.1, -0.05) is 41.5 Å². The smallest absolute Gasteiger partial charge is 0.00905 e. The lowest BCUT2D eigenvalue weighted by atomic mass is 9.55. The maximum atomic E-state index is 6.35. The first kappa shape index (κ1) is 17.3. The van der Waals surface area contributed by atoms with Crippen LogP contribution in [0.1, 0.15) is 67.2 Å². The highest BCUT2D eigenvalue weighted by Gasteiger charge is 2.45. The Kier molecular flexibility index (Phi) is 5.10. The highest BCUT2D eigenvalue weighted by Crippen LogP contribution is 2.51. The topological polar surface area (TPSA) is 52.0 Å². The summed E-state index contributed by atoms with van der Waals surface area (Å²) in [7, 11) is 0. The fraction of sp³-hybridized carbons (Fsp3) is 1.00. The summed E-state index contributed by atoms with van der Waals surface area (Å²) in [4.78, 5) is 0. The molecular formula is C19H38N2. The summed E-state index contributed by atoms with van der Waals surface area (Å²) >= 11 is 0. The molecule has 2 heteroatoms. The molecule has 0 aromatic carbocycles. The van der Waals surface area contributed by atoms with Crippen molar-refractivity contribution in [1.82, 2.24) is 0 Å². The Labute approximate surface area is 132 Å². The molecule has 0 radical (unpaired) electrons. The molecule has 0 aliphatic heterocycles. The first-order valence-electron chi connectivity index (χ1n) is 9.15. The molecule has 124 valence electrons. The summed E-state index contributed by atoms with van der Waals surface area (Å²) in [5.74, 6) is 4.30. The second kappa shape index (κ2) is 6.20. The Bertz CT molecular complexity index is 295. The highest BCUT2D eigenvalue weighted by molar-refractivity contribution is 4.97. The molecule has 2 saturated carbocycles. The Hall–Kier alpha value is -0.0800. The maximum absolute atomic E-state index is 6.35. The molecule has 2 fully saturated rings. The van der Waals surface area contributed by atoms with Crippen LogP contribution in [-0.4, -0.2) is 12.1 Å². The lowest BCUT2D eigenvalue weighted by Gasteiger charge is -2.51. The van der Waals surface area contributed by atoms with E-state index in [-0.39, 0.29) is 0 Å². The Morgan fingerprint density at radius 2 is 0.857 bits per heavy atom. The third-order valence-corrected chi connectivity index (χ3v) is 7.36. The van der Waals surface area contributed by atoms with Crippen LogP contribution in [0.5, 0.6) is 0 Å². The molecule has 0 aromatic heterocycles. The molecule has 0 spiro atoms. The van der Waals surface area contributed by atoms with Crippen LogP contribution in [0.15, 0.2) is 0 Å². The Morgan fingerprint density at radius 3 is 1.10 bits per heavy atom. The van der Waals surface area contributed by atoms with E-state index in [9.17, 15) is 0 Å². The summed E-state index contributed by atoms with van der Waals surface area (Å²) in [5.41, 5.74) is 13.1. The van der Waals surface area contributed by atoms with E-state index in [0.717, 1.165) is 11.8 Å². The molecule has 0 amide bonds. The van der Waals surface area contributed by atoms with Gasteiger partial charge in [0.15, 0.2) is 0 Å². The van der Waals surface area contributed by atoms with Gasteiger partial charge in [0.2, 0.25) is 0 Å². The van der Waals surface area contributed by atoms with Gasteiger partial charge >= 0.3 is 0 Å². The SMILES string of the molecule is C[C@@H]1CC(C(C)(C)C2C[C@H](C)C(N)[C@@H](C)C2)C[C@@H](C)C1N. The van der Waals surface area contributed by atoms with Crippen LogP contribution >= 0.6 is 0 Å². The number of rotatable bonds is 2. The van der Waals surface area contributed by atoms with E-state index in [1.807, 2.05) is 0 Å². The third-order valence-electron chi connectivity index (χ3n) is 7.36. The zero-order chi connectivity index (χ0) is 15.9. The zero-order valence-corrected chi connectivity index (χ0v) is 15.1. The van der Waals surface area contributed by atoms with Gasteiger partial charge in [-0.25, -0.2) is 0 Å². The molecule has 0 bridgehead atoms. The molecule has 2 nitrogen and oxygen atoms in total. The number of nitrogens with two attached hydrogens (primary N) is 2. The molecule has 0 saturated heterocycles. The minimum Gasteiger partial charge on any atom is -0.327 e. The van der Waals surface area contributed by atoms with Crippen molar-refractivity contribution >= 4 is 0 Å². The first-order chi connectivity index (χ1) is 9.64. The predicted octanol–water partition coefficient (Wildman–Crippen LogP) is 4.03. The van der Waals surface area contributed by atoms with Crippen LogP contribution in [0.4, 0.5) is 0 Å². The van der Waals surface area contributed by atoms with Gasteiger partial charge in [0, 0.05) is 12.1 Å². The van der Waals surface area contributed by atoms with Crippen molar-refractivity contribution in [3.8, 4) is 0 Å². The molecule has 0 unspecified atom stereocenters. The van der Waals surface area contributed by atoms with E-state index < -0.39 is 0 Å². The van der Waals surface area contributed by atoms with E-state index in [1.165, 1.54) is 25.7 Å². The fourth-order valence-corrected chi connectivity index (χ4v) is 5.29. The van der Waals surface area contributed by atoms with Gasteiger partial charge in [-0.3, -0.25) is 0 Å². The van der Waals surface area contributed by atoms with Crippen molar-refractivity contribution in [2.45, 2.75) is 79.3 Å².